The Morgan fingerprint density at radius 3 is 2.33 bits per heavy atom. The molecule has 0 aromatic rings. The summed E-state index contributed by atoms with van der Waals surface area (Å²) < 4.78 is 8.14. The van der Waals surface area contributed by atoms with Crippen molar-refractivity contribution in [3.05, 3.63) is 0 Å². The Kier molecular flexibility index (Phi) is 6.00. The second kappa shape index (κ2) is 6.19. The van der Waals surface area contributed by atoms with E-state index >= 15 is 0 Å². The third-order valence-electron chi connectivity index (χ3n) is 0.848. The molecular formula is C6H10O4S2. The van der Waals surface area contributed by atoms with Crippen LogP contribution in [0.15, 0.2) is 0 Å². The zero-order valence-electron chi connectivity index (χ0n) is 6.52. The molecule has 0 saturated carbocycles. The predicted octanol–water partition coefficient (Wildman–Crippen LogP) is 0.278. The Morgan fingerprint density at radius 2 is 1.92 bits per heavy atom. The summed E-state index contributed by atoms with van der Waals surface area (Å²) in [6.45, 7) is 1.55. The highest BCUT2D eigenvalue weighted by atomic mass is 32.2. The molecule has 0 bridgehead atoms. The van der Waals surface area contributed by atoms with Gasteiger partial charge in [-0.3, -0.25) is 0 Å². The summed E-state index contributed by atoms with van der Waals surface area (Å²) in [7, 11) is 0. The third-order valence-corrected chi connectivity index (χ3v) is 1.27. The van der Waals surface area contributed by atoms with Crippen molar-refractivity contribution in [2.24, 2.45) is 0 Å². The lowest BCUT2D eigenvalue weighted by atomic mass is 10.7. The zero-order chi connectivity index (χ0) is 9.56. The highest BCUT2D eigenvalue weighted by Gasteiger charge is 2.12. The molecule has 0 spiro atoms. The first-order valence-corrected chi connectivity index (χ1v) is 4.29. The van der Waals surface area contributed by atoms with E-state index in [9.17, 15) is 9.59 Å². The average Bonchev–Trinajstić information content (AvgIpc) is 2.00. The summed E-state index contributed by atoms with van der Waals surface area (Å²) in [5, 5.41) is 0. The molecule has 0 radical (unpaired) electrons. The maximum atomic E-state index is 10.7. The van der Waals surface area contributed by atoms with E-state index in [1.54, 1.807) is 6.92 Å². The zero-order valence-corrected chi connectivity index (χ0v) is 8.31. The minimum atomic E-state index is -0.820. The van der Waals surface area contributed by atoms with E-state index in [2.05, 4.69) is 34.7 Å². The van der Waals surface area contributed by atoms with Crippen molar-refractivity contribution in [1.82, 2.24) is 0 Å². The van der Waals surface area contributed by atoms with Crippen molar-refractivity contribution in [2.75, 3.05) is 13.2 Å². The Labute approximate surface area is 81.4 Å². The van der Waals surface area contributed by atoms with Crippen molar-refractivity contribution in [2.45, 2.75) is 11.5 Å². The molecule has 0 atom stereocenters. The van der Waals surface area contributed by atoms with E-state index in [0.717, 1.165) is 0 Å². The fourth-order valence-corrected chi connectivity index (χ4v) is 0.556. The van der Waals surface area contributed by atoms with Gasteiger partial charge >= 0.3 is 11.9 Å². The van der Waals surface area contributed by atoms with Crippen molar-refractivity contribution >= 4 is 37.2 Å². The van der Waals surface area contributed by atoms with Crippen LogP contribution in [0.5, 0.6) is 0 Å². The van der Waals surface area contributed by atoms with E-state index < -0.39 is 16.5 Å². The number of thiol groups is 2. The molecule has 0 aliphatic rings. The van der Waals surface area contributed by atoms with Crippen LogP contribution in [0.1, 0.15) is 6.92 Å². The molecule has 70 valence electrons. The van der Waals surface area contributed by atoms with E-state index in [4.69, 9.17) is 0 Å². The standard InChI is InChI=1S/C6H10O4S2/c1-2-9-4(7)3-10-5(8)6(11)12/h6,11-12H,2-3H2,1H3. The first kappa shape index (κ1) is 11.6. The van der Waals surface area contributed by atoms with Crippen LogP contribution in [0.3, 0.4) is 0 Å². The lowest BCUT2D eigenvalue weighted by Gasteiger charge is -2.04. The van der Waals surface area contributed by atoms with Gasteiger partial charge in [0, 0.05) is 0 Å². The van der Waals surface area contributed by atoms with Crippen LogP contribution in [0, 0.1) is 0 Å². The number of rotatable bonds is 4. The lowest BCUT2D eigenvalue weighted by Crippen LogP contribution is -2.19. The summed E-state index contributed by atoms with van der Waals surface area (Å²) in [6, 6.07) is 0. The molecule has 0 rings (SSSR count). The van der Waals surface area contributed by atoms with Crippen LogP contribution in [0.25, 0.3) is 0 Å². The quantitative estimate of drug-likeness (QED) is 0.397. The largest absolute Gasteiger partial charge is 0.463 e. The second-order valence-corrected chi connectivity index (χ2v) is 3.23. The smallest absolute Gasteiger partial charge is 0.344 e. The Morgan fingerprint density at radius 1 is 1.33 bits per heavy atom. The van der Waals surface area contributed by atoms with Gasteiger partial charge in [0.25, 0.3) is 0 Å². The van der Waals surface area contributed by atoms with E-state index in [0.29, 0.717) is 0 Å². The van der Waals surface area contributed by atoms with Gasteiger partial charge in [-0.15, -0.1) is 0 Å². The van der Waals surface area contributed by atoms with Crippen LogP contribution in [0.4, 0.5) is 0 Å². The highest BCUT2D eigenvalue weighted by Crippen LogP contribution is 2.01. The van der Waals surface area contributed by atoms with Crippen molar-refractivity contribution in [3.8, 4) is 0 Å². The van der Waals surface area contributed by atoms with Crippen LogP contribution in [0.2, 0.25) is 0 Å². The third kappa shape index (κ3) is 5.31. The summed E-state index contributed by atoms with van der Waals surface area (Å²) in [6.07, 6.45) is 0. The molecule has 0 N–H and O–H groups in total. The molecule has 6 heteroatoms. The van der Waals surface area contributed by atoms with E-state index in [1.165, 1.54) is 0 Å². The number of esters is 2. The average molecular weight is 210 g/mol. The molecule has 12 heavy (non-hydrogen) atoms. The van der Waals surface area contributed by atoms with Gasteiger partial charge < -0.3 is 9.47 Å². The monoisotopic (exact) mass is 210 g/mol. The van der Waals surface area contributed by atoms with Gasteiger partial charge in [-0.05, 0) is 6.92 Å². The number of hydrogen-bond donors (Lipinski definition) is 2. The van der Waals surface area contributed by atoms with Gasteiger partial charge in [0.2, 0.25) is 0 Å². The molecule has 4 nitrogen and oxygen atoms in total. The van der Waals surface area contributed by atoms with Crippen LogP contribution in [-0.2, 0) is 19.1 Å². The molecule has 0 unspecified atom stereocenters. The molecule has 0 amide bonds. The summed E-state index contributed by atoms with van der Waals surface area (Å²) >= 11 is 7.37. The number of ether oxygens (including phenoxy) is 2. The fraction of sp³-hybridized carbons (Fsp3) is 0.667. The summed E-state index contributed by atoms with van der Waals surface area (Å²) in [4.78, 5) is 21.3. The number of hydrogen-bond acceptors (Lipinski definition) is 6. The van der Waals surface area contributed by atoms with Crippen molar-refractivity contribution in [3.63, 3.8) is 0 Å². The number of carbonyl (C=O) groups excluding carboxylic acids is 2. The normalized spacial score (nSPS) is 9.67. The first-order valence-electron chi connectivity index (χ1n) is 3.26. The molecule has 0 aliphatic heterocycles. The fourth-order valence-electron chi connectivity index (χ4n) is 0.407. The topological polar surface area (TPSA) is 52.6 Å². The van der Waals surface area contributed by atoms with Gasteiger partial charge in [-0.25, -0.2) is 9.59 Å². The minimum absolute atomic E-state index is 0.265. The lowest BCUT2D eigenvalue weighted by molar-refractivity contribution is -0.157. The summed E-state index contributed by atoms with van der Waals surface area (Å²) in [5.74, 6) is -1.23. The molecule has 0 aromatic carbocycles. The van der Waals surface area contributed by atoms with Gasteiger partial charge in [0.15, 0.2) is 6.61 Å². The SMILES string of the molecule is CCOC(=O)COC(=O)C(S)S. The van der Waals surface area contributed by atoms with Gasteiger partial charge in [0.1, 0.15) is 4.58 Å². The van der Waals surface area contributed by atoms with Crippen LogP contribution in [-0.4, -0.2) is 29.7 Å². The van der Waals surface area contributed by atoms with Crippen molar-refractivity contribution in [1.29, 1.82) is 0 Å². The Balaban J connectivity index is 3.54. The summed E-state index contributed by atoms with van der Waals surface area (Å²) in [5.41, 5.74) is 0. The molecule has 0 fully saturated rings. The molecule has 0 aliphatic carbocycles. The van der Waals surface area contributed by atoms with E-state index in [1.807, 2.05) is 0 Å². The molecule has 0 aromatic heterocycles. The predicted molar refractivity (Wildman–Crippen MR) is 49.4 cm³/mol. The van der Waals surface area contributed by atoms with Gasteiger partial charge in [0.05, 0.1) is 6.61 Å². The first-order chi connectivity index (χ1) is 5.57. The van der Waals surface area contributed by atoms with Gasteiger partial charge in [-0.2, -0.15) is 25.3 Å². The second-order valence-electron chi connectivity index (χ2n) is 1.79. The Hall–Kier alpha value is -0.360. The highest BCUT2D eigenvalue weighted by molar-refractivity contribution is 8.00. The van der Waals surface area contributed by atoms with E-state index in [-0.39, 0.29) is 13.2 Å². The maximum Gasteiger partial charge on any atom is 0.344 e. The molecule has 0 heterocycles. The van der Waals surface area contributed by atoms with Crippen LogP contribution >= 0.6 is 25.3 Å². The Bertz CT molecular complexity index is 169. The minimum Gasteiger partial charge on any atom is -0.463 e. The van der Waals surface area contributed by atoms with Crippen LogP contribution < -0.4 is 0 Å². The van der Waals surface area contributed by atoms with Gasteiger partial charge in [-0.1, -0.05) is 0 Å². The number of carbonyl (C=O) groups is 2. The van der Waals surface area contributed by atoms with Crippen molar-refractivity contribution < 1.29 is 19.1 Å². The molecule has 0 saturated heterocycles. The maximum absolute atomic E-state index is 10.7. The molecular weight excluding hydrogens is 200 g/mol.